The molecule has 1 aliphatic rings. The average molecular weight is 222 g/mol. The molecule has 0 bridgehead atoms. The Hall–Kier alpha value is -1.22. The van der Waals surface area contributed by atoms with Crippen LogP contribution in [0.4, 0.5) is 4.39 Å². The van der Waals surface area contributed by atoms with E-state index in [0.717, 1.165) is 25.0 Å². The number of ketones is 1. The van der Waals surface area contributed by atoms with Crippen LogP contribution < -0.4 is 0 Å². The number of Topliss-reactive ketones (excluding diaryl/α,β-unsaturated/α-hetero) is 1. The predicted octanol–water partition coefficient (Wildman–Crippen LogP) is 2.36. The van der Waals surface area contributed by atoms with Gasteiger partial charge in [0.1, 0.15) is 11.6 Å². The SMILES string of the molecule is O=C(Cc1cccc(F)c1)C1CCCOC1. The molecule has 1 saturated heterocycles. The summed E-state index contributed by atoms with van der Waals surface area (Å²) in [5, 5.41) is 0. The van der Waals surface area contributed by atoms with Crippen LogP contribution in [0.1, 0.15) is 18.4 Å². The van der Waals surface area contributed by atoms with E-state index in [2.05, 4.69) is 0 Å². The summed E-state index contributed by atoms with van der Waals surface area (Å²) in [6.07, 6.45) is 2.15. The van der Waals surface area contributed by atoms with Gasteiger partial charge < -0.3 is 4.74 Å². The van der Waals surface area contributed by atoms with Gasteiger partial charge in [0.15, 0.2) is 0 Å². The second-order valence-electron chi connectivity index (χ2n) is 4.19. The summed E-state index contributed by atoms with van der Waals surface area (Å²) >= 11 is 0. The molecular formula is C13H15FO2. The third-order valence-corrected chi connectivity index (χ3v) is 2.88. The Kier molecular flexibility index (Phi) is 3.67. The lowest BCUT2D eigenvalue weighted by Gasteiger charge is -2.20. The van der Waals surface area contributed by atoms with Gasteiger partial charge in [-0.25, -0.2) is 4.39 Å². The molecule has 0 saturated carbocycles. The van der Waals surface area contributed by atoms with Gasteiger partial charge in [-0.05, 0) is 30.5 Å². The summed E-state index contributed by atoms with van der Waals surface area (Å²) < 4.78 is 18.2. The van der Waals surface area contributed by atoms with Gasteiger partial charge in [0.2, 0.25) is 0 Å². The van der Waals surface area contributed by atoms with Crippen LogP contribution in [0.25, 0.3) is 0 Å². The molecule has 0 amide bonds. The first-order chi connectivity index (χ1) is 7.75. The van der Waals surface area contributed by atoms with Crippen molar-refractivity contribution >= 4 is 5.78 Å². The zero-order chi connectivity index (χ0) is 11.4. The Bertz CT molecular complexity index is 370. The van der Waals surface area contributed by atoms with Gasteiger partial charge in [-0.15, -0.1) is 0 Å². The van der Waals surface area contributed by atoms with Crippen LogP contribution in [0, 0.1) is 11.7 Å². The minimum Gasteiger partial charge on any atom is -0.381 e. The first-order valence-electron chi connectivity index (χ1n) is 5.60. The Balaban J connectivity index is 1.96. The van der Waals surface area contributed by atoms with E-state index in [1.165, 1.54) is 12.1 Å². The molecule has 1 aromatic rings. The van der Waals surface area contributed by atoms with Crippen molar-refractivity contribution in [2.45, 2.75) is 19.3 Å². The van der Waals surface area contributed by atoms with Crippen molar-refractivity contribution in [3.05, 3.63) is 35.6 Å². The van der Waals surface area contributed by atoms with E-state index in [9.17, 15) is 9.18 Å². The smallest absolute Gasteiger partial charge is 0.142 e. The Labute approximate surface area is 94.4 Å². The molecule has 1 heterocycles. The number of benzene rings is 1. The van der Waals surface area contributed by atoms with Crippen LogP contribution in [-0.4, -0.2) is 19.0 Å². The van der Waals surface area contributed by atoms with Crippen molar-refractivity contribution in [1.82, 2.24) is 0 Å². The summed E-state index contributed by atoms with van der Waals surface area (Å²) in [6, 6.07) is 6.22. The van der Waals surface area contributed by atoms with Crippen molar-refractivity contribution in [2.75, 3.05) is 13.2 Å². The van der Waals surface area contributed by atoms with E-state index >= 15 is 0 Å². The fourth-order valence-electron chi connectivity index (χ4n) is 1.99. The molecule has 1 unspecified atom stereocenters. The van der Waals surface area contributed by atoms with E-state index in [4.69, 9.17) is 4.74 Å². The van der Waals surface area contributed by atoms with Crippen molar-refractivity contribution < 1.29 is 13.9 Å². The second kappa shape index (κ2) is 5.21. The average Bonchev–Trinajstić information content (AvgIpc) is 2.30. The first kappa shape index (κ1) is 11.3. The second-order valence-corrected chi connectivity index (χ2v) is 4.19. The quantitative estimate of drug-likeness (QED) is 0.784. The molecule has 0 N–H and O–H groups in total. The Morgan fingerprint density at radius 3 is 3.06 bits per heavy atom. The number of ether oxygens (including phenoxy) is 1. The molecule has 86 valence electrons. The molecule has 1 atom stereocenters. The standard InChI is InChI=1S/C13H15FO2/c14-12-5-1-3-10(7-12)8-13(15)11-4-2-6-16-9-11/h1,3,5,7,11H,2,4,6,8-9H2. The molecule has 2 nitrogen and oxygen atoms in total. The van der Waals surface area contributed by atoms with Crippen LogP contribution in [0.15, 0.2) is 24.3 Å². The van der Waals surface area contributed by atoms with E-state index in [-0.39, 0.29) is 17.5 Å². The molecule has 1 fully saturated rings. The molecule has 0 aromatic heterocycles. The topological polar surface area (TPSA) is 26.3 Å². The molecule has 2 rings (SSSR count). The van der Waals surface area contributed by atoms with Crippen LogP contribution >= 0.6 is 0 Å². The summed E-state index contributed by atoms with van der Waals surface area (Å²) in [4.78, 5) is 11.9. The van der Waals surface area contributed by atoms with Gasteiger partial charge in [-0.1, -0.05) is 12.1 Å². The van der Waals surface area contributed by atoms with Gasteiger partial charge in [-0.3, -0.25) is 4.79 Å². The number of rotatable bonds is 3. The van der Waals surface area contributed by atoms with Gasteiger partial charge in [0.25, 0.3) is 0 Å². The van der Waals surface area contributed by atoms with Crippen LogP contribution in [0.5, 0.6) is 0 Å². The van der Waals surface area contributed by atoms with E-state index in [0.29, 0.717) is 13.0 Å². The minimum absolute atomic E-state index is 0.00276. The van der Waals surface area contributed by atoms with E-state index in [1.807, 2.05) is 0 Å². The Morgan fingerprint density at radius 2 is 2.38 bits per heavy atom. The maximum Gasteiger partial charge on any atom is 0.142 e. The lowest BCUT2D eigenvalue weighted by Crippen LogP contribution is -2.26. The van der Waals surface area contributed by atoms with Crippen molar-refractivity contribution in [1.29, 1.82) is 0 Å². The van der Waals surface area contributed by atoms with E-state index < -0.39 is 0 Å². The molecule has 1 aliphatic heterocycles. The number of carbonyl (C=O) groups excluding carboxylic acids is 1. The third kappa shape index (κ3) is 2.89. The van der Waals surface area contributed by atoms with Gasteiger partial charge in [0.05, 0.1) is 6.61 Å². The molecular weight excluding hydrogens is 207 g/mol. The number of hydrogen-bond donors (Lipinski definition) is 0. The number of halogens is 1. The summed E-state index contributed by atoms with van der Waals surface area (Å²) in [5.41, 5.74) is 0.746. The highest BCUT2D eigenvalue weighted by atomic mass is 19.1. The molecule has 0 aliphatic carbocycles. The highest BCUT2D eigenvalue weighted by Gasteiger charge is 2.21. The van der Waals surface area contributed by atoms with Crippen molar-refractivity contribution in [3.63, 3.8) is 0 Å². The van der Waals surface area contributed by atoms with Crippen LogP contribution in [0.2, 0.25) is 0 Å². The minimum atomic E-state index is -0.287. The maximum absolute atomic E-state index is 12.9. The normalized spacial score (nSPS) is 20.7. The fourth-order valence-corrected chi connectivity index (χ4v) is 1.99. The van der Waals surface area contributed by atoms with Crippen molar-refractivity contribution in [2.24, 2.45) is 5.92 Å². The maximum atomic E-state index is 12.9. The van der Waals surface area contributed by atoms with Crippen LogP contribution in [-0.2, 0) is 16.0 Å². The highest BCUT2D eigenvalue weighted by molar-refractivity contribution is 5.83. The zero-order valence-corrected chi connectivity index (χ0v) is 9.12. The lowest BCUT2D eigenvalue weighted by atomic mass is 9.93. The monoisotopic (exact) mass is 222 g/mol. The van der Waals surface area contributed by atoms with Gasteiger partial charge >= 0.3 is 0 Å². The third-order valence-electron chi connectivity index (χ3n) is 2.88. The van der Waals surface area contributed by atoms with Crippen molar-refractivity contribution in [3.8, 4) is 0 Å². The summed E-state index contributed by atoms with van der Waals surface area (Å²) in [7, 11) is 0. The number of carbonyl (C=O) groups is 1. The largest absolute Gasteiger partial charge is 0.381 e. The molecule has 0 radical (unpaired) electrons. The van der Waals surface area contributed by atoms with E-state index in [1.54, 1.807) is 12.1 Å². The molecule has 1 aromatic carbocycles. The highest BCUT2D eigenvalue weighted by Crippen LogP contribution is 2.17. The molecule has 16 heavy (non-hydrogen) atoms. The molecule has 3 heteroatoms. The number of hydrogen-bond acceptors (Lipinski definition) is 2. The first-order valence-corrected chi connectivity index (χ1v) is 5.60. The predicted molar refractivity (Wildman–Crippen MR) is 58.7 cm³/mol. The fraction of sp³-hybridized carbons (Fsp3) is 0.462. The summed E-state index contributed by atoms with van der Waals surface area (Å²) in [5.74, 6) is -0.132. The molecule has 0 spiro atoms. The zero-order valence-electron chi connectivity index (χ0n) is 9.12. The lowest BCUT2D eigenvalue weighted by molar-refractivity contribution is -0.126. The van der Waals surface area contributed by atoms with Gasteiger partial charge in [-0.2, -0.15) is 0 Å². The Morgan fingerprint density at radius 1 is 1.50 bits per heavy atom. The summed E-state index contributed by atoms with van der Waals surface area (Å²) in [6.45, 7) is 1.28. The van der Waals surface area contributed by atoms with Gasteiger partial charge in [0, 0.05) is 18.9 Å². The van der Waals surface area contributed by atoms with Crippen LogP contribution in [0.3, 0.4) is 0 Å².